The van der Waals surface area contributed by atoms with E-state index < -0.39 is 18.1 Å². The molecule has 1 saturated heterocycles. The fourth-order valence-electron chi connectivity index (χ4n) is 4.33. The first kappa shape index (κ1) is 22.9. The molecule has 9 heteroatoms. The van der Waals surface area contributed by atoms with Crippen molar-refractivity contribution in [2.24, 2.45) is 0 Å². The Bertz CT molecular complexity index is 1300. The number of aliphatic carboxylic acids is 1. The van der Waals surface area contributed by atoms with E-state index in [1.807, 2.05) is 42.5 Å². The van der Waals surface area contributed by atoms with Crippen LogP contribution in [0.15, 0.2) is 63.6 Å². The number of aliphatic hydroxyl groups excluding tert-OH is 1. The highest BCUT2D eigenvalue weighted by atomic mass is 16.5. The number of aromatic nitrogens is 3. The minimum absolute atomic E-state index is 0.277. The van der Waals surface area contributed by atoms with Gasteiger partial charge in [-0.3, -0.25) is 9.69 Å². The van der Waals surface area contributed by atoms with Gasteiger partial charge in [0.25, 0.3) is 5.89 Å². The third kappa shape index (κ3) is 4.60. The van der Waals surface area contributed by atoms with Crippen LogP contribution in [0.1, 0.15) is 37.0 Å². The molecule has 2 N–H and O–H groups in total. The minimum atomic E-state index is -0.850. The van der Waals surface area contributed by atoms with E-state index in [0.717, 1.165) is 29.5 Å². The van der Waals surface area contributed by atoms with Gasteiger partial charge in [0, 0.05) is 29.8 Å². The van der Waals surface area contributed by atoms with Gasteiger partial charge < -0.3 is 19.3 Å². The molecule has 9 nitrogen and oxygen atoms in total. The smallest absolute Gasteiger partial charge is 0.320 e. The van der Waals surface area contributed by atoms with Crippen LogP contribution in [-0.2, 0) is 11.2 Å². The number of likely N-dealkylation sites (tertiary alicyclic amines) is 1. The summed E-state index contributed by atoms with van der Waals surface area (Å²) in [4.78, 5) is 17.5. The second-order valence-electron chi connectivity index (χ2n) is 8.65. The molecular weight excluding hydrogens is 448 g/mol. The van der Waals surface area contributed by atoms with Crippen LogP contribution in [0.2, 0.25) is 0 Å². The number of hydrogen-bond donors (Lipinski definition) is 2. The van der Waals surface area contributed by atoms with Gasteiger partial charge in [-0.2, -0.15) is 4.98 Å². The Hall–Kier alpha value is -3.82. The zero-order chi connectivity index (χ0) is 24.4. The first-order valence-corrected chi connectivity index (χ1v) is 11.7. The van der Waals surface area contributed by atoms with Crippen molar-refractivity contribution in [3.8, 4) is 34.3 Å². The van der Waals surface area contributed by atoms with Crippen molar-refractivity contribution in [3.63, 3.8) is 0 Å². The summed E-state index contributed by atoms with van der Waals surface area (Å²) in [6.45, 7) is 3.04. The van der Waals surface area contributed by atoms with Gasteiger partial charge in [-0.25, -0.2) is 0 Å². The third-order valence-corrected chi connectivity index (χ3v) is 6.33. The molecule has 0 saturated carbocycles. The maximum Gasteiger partial charge on any atom is 0.320 e. The van der Waals surface area contributed by atoms with Gasteiger partial charge in [0.05, 0.1) is 6.10 Å². The van der Waals surface area contributed by atoms with Gasteiger partial charge in [0.2, 0.25) is 5.82 Å². The lowest BCUT2D eigenvalue weighted by Crippen LogP contribution is -2.53. The van der Waals surface area contributed by atoms with Crippen LogP contribution in [-0.4, -0.2) is 55.5 Å². The number of carbonyl (C=O) groups is 1. The predicted octanol–water partition coefficient (Wildman–Crippen LogP) is 4.20. The highest BCUT2D eigenvalue weighted by Gasteiger charge is 2.35. The monoisotopic (exact) mass is 474 g/mol. The molecule has 0 amide bonds. The van der Waals surface area contributed by atoms with Gasteiger partial charge in [0.15, 0.2) is 11.5 Å². The summed E-state index contributed by atoms with van der Waals surface area (Å²) in [6.07, 6.45) is 1.49. The normalized spacial score (nSPS) is 16.7. The van der Waals surface area contributed by atoms with Crippen LogP contribution in [0.5, 0.6) is 0 Å². The number of aliphatic hydroxyl groups is 1. The molecule has 0 radical (unpaired) electrons. The molecular formula is C26H26N4O5. The van der Waals surface area contributed by atoms with E-state index in [1.54, 1.807) is 17.0 Å². The Balaban J connectivity index is 1.34. The van der Waals surface area contributed by atoms with Gasteiger partial charge in [-0.1, -0.05) is 78.3 Å². The quantitative estimate of drug-likeness (QED) is 0.367. The maximum atomic E-state index is 11.2. The van der Waals surface area contributed by atoms with E-state index in [2.05, 4.69) is 22.2 Å². The summed E-state index contributed by atoms with van der Waals surface area (Å²) in [5.41, 5.74) is 3.84. The van der Waals surface area contributed by atoms with E-state index in [4.69, 9.17) is 9.05 Å². The minimum Gasteiger partial charge on any atom is -0.480 e. The number of rotatable bonds is 9. The topological polar surface area (TPSA) is 126 Å². The Labute approximate surface area is 202 Å². The zero-order valence-corrected chi connectivity index (χ0v) is 19.3. The Morgan fingerprint density at radius 2 is 1.86 bits per heavy atom. The largest absolute Gasteiger partial charge is 0.480 e. The fourth-order valence-corrected chi connectivity index (χ4v) is 4.33. The first-order chi connectivity index (χ1) is 17.0. The number of β-amino-alcohol motifs (C(OH)–C–C–N with tert-alkyl or cyclic N) is 1. The Morgan fingerprint density at radius 3 is 2.51 bits per heavy atom. The maximum absolute atomic E-state index is 11.2. The fraction of sp³-hybridized carbons (Fsp3) is 0.308. The molecule has 1 aliphatic heterocycles. The molecule has 3 heterocycles. The number of nitrogens with zero attached hydrogens (tertiary/aromatic N) is 4. The molecule has 0 bridgehead atoms. The third-order valence-electron chi connectivity index (χ3n) is 6.33. The summed E-state index contributed by atoms with van der Waals surface area (Å²) in [7, 11) is 0. The molecule has 1 unspecified atom stereocenters. The molecule has 2 aromatic carbocycles. The van der Waals surface area contributed by atoms with Crippen LogP contribution >= 0.6 is 0 Å². The van der Waals surface area contributed by atoms with E-state index in [9.17, 15) is 15.0 Å². The first-order valence-electron chi connectivity index (χ1n) is 11.7. The summed E-state index contributed by atoms with van der Waals surface area (Å²) < 4.78 is 11.2. The number of benzene rings is 2. The lowest BCUT2D eigenvalue weighted by molar-refractivity contribution is -0.149. The van der Waals surface area contributed by atoms with Crippen LogP contribution in [0.25, 0.3) is 34.3 Å². The SMILES string of the molecule is CCCc1c(-c2nc(-c3ccc(C(O)CN4CC[C@H]4C(=O)O)cc3)no2)noc1-c1ccccc1. The molecule has 1 fully saturated rings. The zero-order valence-electron chi connectivity index (χ0n) is 19.3. The van der Waals surface area contributed by atoms with Gasteiger partial charge in [0.1, 0.15) is 6.04 Å². The lowest BCUT2D eigenvalue weighted by Gasteiger charge is -2.39. The van der Waals surface area contributed by atoms with Gasteiger partial charge >= 0.3 is 5.97 Å². The summed E-state index contributed by atoms with van der Waals surface area (Å²) in [5.74, 6) is 0.544. The average molecular weight is 475 g/mol. The van der Waals surface area contributed by atoms with E-state index in [1.165, 1.54) is 0 Å². The Kier molecular flexibility index (Phi) is 6.43. The molecule has 2 aromatic heterocycles. The number of carboxylic acids is 1. The number of carboxylic acid groups (broad SMARTS) is 1. The van der Waals surface area contributed by atoms with E-state index in [0.29, 0.717) is 35.8 Å². The van der Waals surface area contributed by atoms with E-state index in [-0.39, 0.29) is 12.4 Å². The Morgan fingerprint density at radius 1 is 1.09 bits per heavy atom. The van der Waals surface area contributed by atoms with Crippen molar-refractivity contribution in [3.05, 3.63) is 65.7 Å². The van der Waals surface area contributed by atoms with E-state index >= 15 is 0 Å². The molecule has 4 aromatic rings. The second kappa shape index (κ2) is 9.81. The predicted molar refractivity (Wildman–Crippen MR) is 127 cm³/mol. The number of hydrogen-bond acceptors (Lipinski definition) is 8. The average Bonchev–Trinajstić information content (AvgIpc) is 3.50. The molecule has 2 atom stereocenters. The standard InChI is InChI=1S/C26H26N4O5/c1-2-6-19-22(28-34-23(19)17-7-4-3-5-8-17)25-27-24(29-35-25)18-11-9-16(10-12-18)21(31)15-30-14-13-20(30)26(32)33/h3-5,7-12,20-21,31H,2,6,13-15H2,1H3,(H,32,33)/t20-,21?/m0/s1. The van der Waals surface area contributed by atoms with Crippen molar-refractivity contribution in [2.45, 2.75) is 38.3 Å². The molecule has 35 heavy (non-hydrogen) atoms. The molecule has 180 valence electrons. The molecule has 0 aliphatic carbocycles. The molecule has 5 rings (SSSR count). The summed E-state index contributed by atoms with van der Waals surface area (Å²) in [6, 6.07) is 16.5. The van der Waals surface area contributed by atoms with Crippen LogP contribution in [0.4, 0.5) is 0 Å². The van der Waals surface area contributed by atoms with Crippen molar-refractivity contribution >= 4 is 5.97 Å². The second-order valence-corrected chi connectivity index (χ2v) is 8.65. The van der Waals surface area contributed by atoms with Gasteiger partial charge in [-0.15, -0.1) is 0 Å². The van der Waals surface area contributed by atoms with Crippen LogP contribution in [0.3, 0.4) is 0 Å². The van der Waals surface area contributed by atoms with Crippen LogP contribution < -0.4 is 0 Å². The highest BCUT2D eigenvalue weighted by Crippen LogP contribution is 2.33. The summed E-state index contributed by atoms with van der Waals surface area (Å²) >= 11 is 0. The summed E-state index contributed by atoms with van der Waals surface area (Å²) in [5, 5.41) is 28.1. The highest BCUT2D eigenvalue weighted by molar-refractivity contribution is 5.74. The lowest BCUT2D eigenvalue weighted by atomic mass is 10.00. The van der Waals surface area contributed by atoms with Crippen molar-refractivity contribution in [1.29, 1.82) is 0 Å². The van der Waals surface area contributed by atoms with Crippen LogP contribution in [0, 0.1) is 0 Å². The van der Waals surface area contributed by atoms with Gasteiger partial charge in [-0.05, 0) is 18.4 Å². The van der Waals surface area contributed by atoms with Crippen molar-refractivity contribution in [2.75, 3.05) is 13.1 Å². The molecule has 0 spiro atoms. The van der Waals surface area contributed by atoms with Crippen molar-refractivity contribution < 1.29 is 24.1 Å². The van der Waals surface area contributed by atoms with Crippen molar-refractivity contribution in [1.82, 2.24) is 20.2 Å². The molecule has 1 aliphatic rings.